The van der Waals surface area contributed by atoms with Gasteiger partial charge in [-0.05, 0) is 51.0 Å². The molecule has 2 aliphatic heterocycles. The molecule has 1 aliphatic carbocycles. The van der Waals surface area contributed by atoms with Crippen LogP contribution >= 0.6 is 0 Å². The Bertz CT molecular complexity index is 599. The summed E-state index contributed by atoms with van der Waals surface area (Å²) in [6.07, 6.45) is 7.52. The fraction of sp³-hybridized carbons (Fsp3) is 0.667. The topological polar surface area (TPSA) is 41.6 Å². The van der Waals surface area contributed by atoms with Gasteiger partial charge in [-0.25, -0.2) is 0 Å². The van der Waals surface area contributed by atoms with E-state index in [4.69, 9.17) is 4.74 Å². The van der Waals surface area contributed by atoms with Crippen molar-refractivity contribution in [3.8, 4) is 0 Å². The number of likely N-dealkylation sites (tertiary alicyclic amines) is 1. The molecule has 0 radical (unpaired) electrons. The van der Waals surface area contributed by atoms with Crippen LogP contribution in [0.5, 0.6) is 0 Å². The lowest BCUT2D eigenvalue weighted by Gasteiger charge is -2.44. The maximum absolute atomic E-state index is 12.6. The van der Waals surface area contributed by atoms with E-state index in [0.717, 1.165) is 51.9 Å². The van der Waals surface area contributed by atoms with Gasteiger partial charge in [0.15, 0.2) is 0 Å². The van der Waals surface area contributed by atoms with Crippen molar-refractivity contribution in [3.05, 3.63) is 35.4 Å². The van der Waals surface area contributed by atoms with Gasteiger partial charge in [0, 0.05) is 37.2 Å². The van der Waals surface area contributed by atoms with Crippen LogP contribution in [0, 0.1) is 6.92 Å². The molecule has 0 bridgehead atoms. The van der Waals surface area contributed by atoms with Crippen LogP contribution in [0.2, 0.25) is 0 Å². The monoisotopic (exact) mass is 342 g/mol. The number of hydrogen-bond donors (Lipinski definition) is 1. The minimum absolute atomic E-state index is 0.103. The van der Waals surface area contributed by atoms with E-state index in [-0.39, 0.29) is 5.54 Å². The number of ether oxygens (including phenoxy) is 1. The lowest BCUT2D eigenvalue weighted by molar-refractivity contribution is -0.133. The molecule has 1 aromatic carbocycles. The van der Waals surface area contributed by atoms with Crippen molar-refractivity contribution in [1.29, 1.82) is 0 Å². The second-order valence-corrected chi connectivity index (χ2v) is 8.19. The highest BCUT2D eigenvalue weighted by atomic mass is 16.5. The first-order chi connectivity index (χ1) is 12.1. The van der Waals surface area contributed by atoms with Gasteiger partial charge >= 0.3 is 0 Å². The van der Waals surface area contributed by atoms with Gasteiger partial charge < -0.3 is 15.0 Å². The molecule has 1 aromatic rings. The molecule has 25 heavy (non-hydrogen) atoms. The summed E-state index contributed by atoms with van der Waals surface area (Å²) in [6, 6.07) is 9.76. The third kappa shape index (κ3) is 3.61. The summed E-state index contributed by atoms with van der Waals surface area (Å²) < 4.78 is 5.48. The van der Waals surface area contributed by atoms with Crippen LogP contribution in [0.1, 0.15) is 56.1 Å². The molecule has 1 atom stereocenters. The molecular weight excluding hydrogens is 312 g/mol. The first kappa shape index (κ1) is 17.0. The molecule has 3 aliphatic rings. The zero-order valence-corrected chi connectivity index (χ0v) is 15.3. The highest BCUT2D eigenvalue weighted by Crippen LogP contribution is 2.43. The quantitative estimate of drug-likeness (QED) is 0.914. The van der Waals surface area contributed by atoms with Gasteiger partial charge in [0.05, 0.1) is 6.61 Å². The Kier molecular flexibility index (Phi) is 4.83. The molecule has 1 amide bonds. The third-order valence-electron chi connectivity index (χ3n) is 6.46. The minimum atomic E-state index is 0.103. The number of carbonyl (C=O) groups excluding carboxylic acids is 1. The standard InChI is InChI=1S/C21H30N2O2/c1-16-2-4-17(5-3-16)14-23-20(24)8-12-21(23)10-6-18(7-11-21)22-19-9-13-25-15-19/h2-5,18-19,22H,6-15H2,1H3/t18?,19-,21?/m0/s1. The molecule has 1 saturated carbocycles. The summed E-state index contributed by atoms with van der Waals surface area (Å²) in [5, 5.41) is 3.78. The van der Waals surface area contributed by atoms with Gasteiger partial charge in [-0.1, -0.05) is 29.8 Å². The first-order valence-corrected chi connectivity index (χ1v) is 9.84. The van der Waals surface area contributed by atoms with Crippen LogP contribution < -0.4 is 5.32 Å². The largest absolute Gasteiger partial charge is 0.380 e. The number of nitrogens with one attached hydrogen (secondary N) is 1. The van der Waals surface area contributed by atoms with Gasteiger partial charge in [-0.2, -0.15) is 0 Å². The average Bonchev–Trinajstić information content (AvgIpc) is 3.23. The van der Waals surface area contributed by atoms with Crippen molar-refractivity contribution in [1.82, 2.24) is 10.2 Å². The maximum Gasteiger partial charge on any atom is 0.223 e. The van der Waals surface area contributed by atoms with Crippen molar-refractivity contribution in [2.75, 3.05) is 13.2 Å². The summed E-state index contributed by atoms with van der Waals surface area (Å²) in [5.74, 6) is 0.344. The second kappa shape index (κ2) is 7.08. The Balaban J connectivity index is 1.40. The fourth-order valence-electron chi connectivity index (χ4n) is 4.85. The molecule has 1 spiro atoms. The first-order valence-electron chi connectivity index (χ1n) is 9.84. The predicted octanol–water partition coefficient (Wildman–Crippen LogP) is 3.18. The summed E-state index contributed by atoms with van der Waals surface area (Å²) in [6.45, 7) is 4.64. The Labute approximate surface area is 150 Å². The van der Waals surface area contributed by atoms with Crippen molar-refractivity contribution in [2.24, 2.45) is 0 Å². The molecule has 2 saturated heterocycles. The van der Waals surface area contributed by atoms with Crippen molar-refractivity contribution in [2.45, 2.75) is 76.0 Å². The smallest absolute Gasteiger partial charge is 0.223 e. The number of rotatable bonds is 4. The number of nitrogens with zero attached hydrogens (tertiary/aromatic N) is 1. The summed E-state index contributed by atoms with van der Waals surface area (Å²) in [7, 11) is 0. The molecule has 4 rings (SSSR count). The molecule has 2 heterocycles. The molecule has 0 unspecified atom stereocenters. The minimum Gasteiger partial charge on any atom is -0.380 e. The highest BCUT2D eigenvalue weighted by Gasteiger charge is 2.47. The maximum atomic E-state index is 12.6. The second-order valence-electron chi connectivity index (χ2n) is 8.19. The fourth-order valence-corrected chi connectivity index (χ4v) is 4.85. The number of hydrogen-bond acceptors (Lipinski definition) is 3. The van der Waals surface area contributed by atoms with Gasteiger partial charge in [0.1, 0.15) is 0 Å². The van der Waals surface area contributed by atoms with Crippen LogP contribution in [0.3, 0.4) is 0 Å². The van der Waals surface area contributed by atoms with E-state index in [1.54, 1.807) is 0 Å². The normalized spacial score (nSPS) is 32.7. The van der Waals surface area contributed by atoms with E-state index in [1.807, 2.05) is 0 Å². The number of carbonyl (C=O) groups is 1. The third-order valence-corrected chi connectivity index (χ3v) is 6.46. The van der Waals surface area contributed by atoms with Gasteiger partial charge in [-0.15, -0.1) is 0 Å². The van der Waals surface area contributed by atoms with E-state index >= 15 is 0 Å². The molecular formula is C21H30N2O2. The molecule has 0 aromatic heterocycles. The van der Waals surface area contributed by atoms with E-state index in [1.165, 1.54) is 24.0 Å². The van der Waals surface area contributed by atoms with Crippen LogP contribution in [-0.2, 0) is 16.1 Å². The molecule has 136 valence electrons. The zero-order valence-electron chi connectivity index (χ0n) is 15.3. The van der Waals surface area contributed by atoms with Crippen molar-refractivity contribution in [3.63, 3.8) is 0 Å². The van der Waals surface area contributed by atoms with E-state index in [2.05, 4.69) is 41.4 Å². The molecule has 1 N–H and O–H groups in total. The number of amides is 1. The lowest BCUT2D eigenvalue weighted by Crippen LogP contribution is -2.51. The Morgan fingerprint density at radius 3 is 2.56 bits per heavy atom. The average molecular weight is 342 g/mol. The highest BCUT2D eigenvalue weighted by molar-refractivity contribution is 5.79. The molecule has 4 nitrogen and oxygen atoms in total. The summed E-state index contributed by atoms with van der Waals surface area (Å²) in [5.41, 5.74) is 2.63. The SMILES string of the molecule is Cc1ccc(CN2C(=O)CCC23CCC(N[C@H]2CCOC2)CC3)cc1. The predicted molar refractivity (Wildman–Crippen MR) is 98.3 cm³/mol. The molecule has 3 fully saturated rings. The number of benzene rings is 1. The van der Waals surface area contributed by atoms with Gasteiger partial charge in [0.25, 0.3) is 0 Å². The Morgan fingerprint density at radius 2 is 1.88 bits per heavy atom. The van der Waals surface area contributed by atoms with Crippen LogP contribution in [0.15, 0.2) is 24.3 Å². The van der Waals surface area contributed by atoms with E-state index in [0.29, 0.717) is 18.0 Å². The zero-order chi connectivity index (χ0) is 17.3. The van der Waals surface area contributed by atoms with Crippen molar-refractivity contribution < 1.29 is 9.53 Å². The van der Waals surface area contributed by atoms with Crippen molar-refractivity contribution >= 4 is 5.91 Å². The summed E-state index contributed by atoms with van der Waals surface area (Å²) in [4.78, 5) is 14.8. The lowest BCUT2D eigenvalue weighted by atomic mass is 9.77. The van der Waals surface area contributed by atoms with Crippen LogP contribution in [0.4, 0.5) is 0 Å². The van der Waals surface area contributed by atoms with Gasteiger partial charge in [-0.3, -0.25) is 4.79 Å². The van der Waals surface area contributed by atoms with Crippen LogP contribution in [-0.4, -0.2) is 41.6 Å². The van der Waals surface area contributed by atoms with E-state index < -0.39 is 0 Å². The van der Waals surface area contributed by atoms with E-state index in [9.17, 15) is 4.79 Å². The summed E-state index contributed by atoms with van der Waals surface area (Å²) >= 11 is 0. The van der Waals surface area contributed by atoms with Crippen LogP contribution in [0.25, 0.3) is 0 Å². The number of aryl methyl sites for hydroxylation is 1. The Hall–Kier alpha value is -1.39. The van der Waals surface area contributed by atoms with Gasteiger partial charge in [0.2, 0.25) is 5.91 Å². The molecule has 4 heteroatoms. The Morgan fingerprint density at radius 1 is 1.12 bits per heavy atom.